The van der Waals surface area contributed by atoms with Gasteiger partial charge in [0.2, 0.25) is 0 Å². The number of halogens is 3. The van der Waals surface area contributed by atoms with E-state index in [4.69, 9.17) is 0 Å². The fourth-order valence-electron chi connectivity index (χ4n) is 2.49. The van der Waals surface area contributed by atoms with E-state index in [9.17, 15) is 13.2 Å². The Kier molecular flexibility index (Phi) is 3.05. The minimum Gasteiger partial charge on any atom is -0.330 e. The summed E-state index contributed by atoms with van der Waals surface area (Å²) in [5, 5.41) is 3.27. The second-order valence-corrected chi connectivity index (χ2v) is 4.89. The van der Waals surface area contributed by atoms with Gasteiger partial charge in [0, 0.05) is 32.1 Å². The van der Waals surface area contributed by atoms with Crippen molar-refractivity contribution in [2.75, 3.05) is 6.54 Å². The average molecular weight is 281 g/mol. The summed E-state index contributed by atoms with van der Waals surface area (Å²) in [6.45, 7) is 1.63. The van der Waals surface area contributed by atoms with Crippen molar-refractivity contribution in [3.8, 4) is 11.4 Å². The SMILES string of the molecule is Cn1c(-c2ccc(C(F)(F)F)cc2)nc2c1CNCC2. The molecule has 1 aliphatic rings. The first-order valence-electron chi connectivity index (χ1n) is 6.39. The molecule has 1 aromatic carbocycles. The van der Waals surface area contributed by atoms with Gasteiger partial charge in [0.25, 0.3) is 0 Å². The summed E-state index contributed by atoms with van der Waals surface area (Å²) in [5.74, 6) is 0.715. The average Bonchev–Trinajstić information content (AvgIpc) is 2.76. The van der Waals surface area contributed by atoms with Crippen molar-refractivity contribution in [2.45, 2.75) is 19.1 Å². The van der Waals surface area contributed by atoms with Crippen LogP contribution >= 0.6 is 0 Å². The quantitative estimate of drug-likeness (QED) is 0.871. The van der Waals surface area contributed by atoms with Crippen LogP contribution in [0.3, 0.4) is 0 Å². The van der Waals surface area contributed by atoms with Crippen LogP contribution in [0, 0.1) is 0 Å². The van der Waals surface area contributed by atoms with Crippen molar-refractivity contribution in [3.05, 3.63) is 41.2 Å². The molecule has 20 heavy (non-hydrogen) atoms. The van der Waals surface area contributed by atoms with E-state index in [0.717, 1.165) is 43.0 Å². The zero-order valence-corrected chi connectivity index (χ0v) is 11.0. The van der Waals surface area contributed by atoms with Gasteiger partial charge in [-0.05, 0) is 12.1 Å². The van der Waals surface area contributed by atoms with Crippen molar-refractivity contribution >= 4 is 0 Å². The Bertz CT molecular complexity index is 626. The maximum atomic E-state index is 12.6. The molecule has 2 heterocycles. The second-order valence-electron chi connectivity index (χ2n) is 4.89. The van der Waals surface area contributed by atoms with Crippen LogP contribution in [0.5, 0.6) is 0 Å². The molecule has 1 aliphatic heterocycles. The molecule has 106 valence electrons. The number of rotatable bonds is 1. The van der Waals surface area contributed by atoms with E-state index in [0.29, 0.717) is 11.4 Å². The highest BCUT2D eigenvalue weighted by Gasteiger charge is 2.30. The first-order valence-corrected chi connectivity index (χ1v) is 6.39. The molecule has 0 fully saturated rings. The number of nitrogens with one attached hydrogen (secondary N) is 1. The van der Waals surface area contributed by atoms with Gasteiger partial charge >= 0.3 is 6.18 Å². The first-order chi connectivity index (χ1) is 9.47. The van der Waals surface area contributed by atoms with Crippen LogP contribution in [-0.2, 0) is 26.2 Å². The van der Waals surface area contributed by atoms with Gasteiger partial charge < -0.3 is 9.88 Å². The second kappa shape index (κ2) is 4.63. The monoisotopic (exact) mass is 281 g/mol. The van der Waals surface area contributed by atoms with Gasteiger partial charge in [-0.1, -0.05) is 12.1 Å². The lowest BCUT2D eigenvalue weighted by molar-refractivity contribution is -0.137. The lowest BCUT2D eigenvalue weighted by Crippen LogP contribution is -2.24. The fraction of sp³-hybridized carbons (Fsp3) is 0.357. The van der Waals surface area contributed by atoms with Gasteiger partial charge in [-0.15, -0.1) is 0 Å². The lowest BCUT2D eigenvalue weighted by atomic mass is 10.1. The Labute approximate surface area is 114 Å². The van der Waals surface area contributed by atoms with E-state index in [2.05, 4.69) is 10.3 Å². The molecular weight excluding hydrogens is 267 g/mol. The number of fused-ring (bicyclic) bond motifs is 1. The molecule has 0 aliphatic carbocycles. The zero-order chi connectivity index (χ0) is 14.3. The maximum Gasteiger partial charge on any atom is 0.416 e. The van der Waals surface area contributed by atoms with Crippen LogP contribution in [-0.4, -0.2) is 16.1 Å². The molecule has 1 N–H and O–H groups in total. The van der Waals surface area contributed by atoms with Crippen LogP contribution in [0.25, 0.3) is 11.4 Å². The number of nitrogens with zero attached hydrogens (tertiary/aromatic N) is 2. The molecule has 0 spiro atoms. The fourth-order valence-corrected chi connectivity index (χ4v) is 2.49. The van der Waals surface area contributed by atoms with E-state index in [-0.39, 0.29) is 0 Å². The van der Waals surface area contributed by atoms with Gasteiger partial charge in [-0.3, -0.25) is 0 Å². The van der Waals surface area contributed by atoms with Gasteiger partial charge in [-0.2, -0.15) is 13.2 Å². The Morgan fingerprint density at radius 1 is 1.20 bits per heavy atom. The predicted molar refractivity (Wildman–Crippen MR) is 69.1 cm³/mol. The number of alkyl halides is 3. The molecule has 0 unspecified atom stereocenters. The van der Waals surface area contributed by atoms with Crippen molar-refractivity contribution in [1.29, 1.82) is 0 Å². The first kappa shape index (κ1) is 13.2. The summed E-state index contributed by atoms with van der Waals surface area (Å²) in [4.78, 5) is 4.55. The van der Waals surface area contributed by atoms with Crippen LogP contribution < -0.4 is 5.32 Å². The molecule has 3 nitrogen and oxygen atoms in total. The Hall–Kier alpha value is -1.82. The largest absolute Gasteiger partial charge is 0.416 e. The third kappa shape index (κ3) is 2.20. The molecule has 1 aromatic heterocycles. The van der Waals surface area contributed by atoms with E-state index in [1.807, 2.05) is 11.6 Å². The minimum atomic E-state index is -4.30. The number of aromatic nitrogens is 2. The van der Waals surface area contributed by atoms with Crippen LogP contribution in [0.15, 0.2) is 24.3 Å². The molecule has 0 radical (unpaired) electrons. The van der Waals surface area contributed by atoms with Gasteiger partial charge in [0.1, 0.15) is 5.82 Å². The summed E-state index contributed by atoms with van der Waals surface area (Å²) >= 11 is 0. The summed E-state index contributed by atoms with van der Waals surface area (Å²) in [6.07, 6.45) is -3.45. The van der Waals surface area contributed by atoms with E-state index < -0.39 is 11.7 Å². The van der Waals surface area contributed by atoms with Gasteiger partial charge in [0.05, 0.1) is 17.0 Å². The zero-order valence-electron chi connectivity index (χ0n) is 11.0. The number of hydrogen-bond donors (Lipinski definition) is 1. The summed E-state index contributed by atoms with van der Waals surface area (Å²) < 4.78 is 39.6. The molecular formula is C14H14F3N3. The van der Waals surface area contributed by atoms with Crippen LogP contribution in [0.4, 0.5) is 13.2 Å². The molecule has 0 amide bonds. The Balaban J connectivity index is 1.99. The van der Waals surface area contributed by atoms with E-state index >= 15 is 0 Å². The smallest absolute Gasteiger partial charge is 0.330 e. The minimum absolute atomic E-state index is 0.637. The molecule has 0 bridgehead atoms. The van der Waals surface area contributed by atoms with E-state index in [1.165, 1.54) is 12.1 Å². The van der Waals surface area contributed by atoms with Crippen LogP contribution in [0.1, 0.15) is 17.0 Å². The normalized spacial score (nSPS) is 15.2. The van der Waals surface area contributed by atoms with E-state index in [1.54, 1.807) is 0 Å². The maximum absolute atomic E-state index is 12.6. The molecule has 3 rings (SSSR count). The van der Waals surface area contributed by atoms with Crippen molar-refractivity contribution < 1.29 is 13.2 Å². The van der Waals surface area contributed by atoms with Crippen molar-refractivity contribution in [1.82, 2.24) is 14.9 Å². The summed E-state index contributed by atoms with van der Waals surface area (Å²) in [5.41, 5.74) is 2.20. The lowest BCUT2D eigenvalue weighted by Gasteiger charge is -2.13. The van der Waals surface area contributed by atoms with Crippen LogP contribution in [0.2, 0.25) is 0 Å². The highest BCUT2D eigenvalue weighted by Crippen LogP contribution is 2.31. The Morgan fingerprint density at radius 3 is 2.50 bits per heavy atom. The highest BCUT2D eigenvalue weighted by atomic mass is 19.4. The topological polar surface area (TPSA) is 29.9 Å². The highest BCUT2D eigenvalue weighted by molar-refractivity contribution is 5.58. The predicted octanol–water partition coefficient (Wildman–Crippen LogP) is 2.75. The molecule has 0 atom stereocenters. The Morgan fingerprint density at radius 2 is 1.90 bits per heavy atom. The molecule has 0 saturated heterocycles. The van der Waals surface area contributed by atoms with Crippen molar-refractivity contribution in [2.24, 2.45) is 7.05 Å². The van der Waals surface area contributed by atoms with Gasteiger partial charge in [0.15, 0.2) is 0 Å². The number of benzene rings is 1. The van der Waals surface area contributed by atoms with Crippen molar-refractivity contribution in [3.63, 3.8) is 0 Å². The summed E-state index contributed by atoms with van der Waals surface area (Å²) in [7, 11) is 1.89. The third-order valence-electron chi connectivity index (χ3n) is 3.60. The number of hydrogen-bond acceptors (Lipinski definition) is 2. The molecule has 0 saturated carbocycles. The summed E-state index contributed by atoms with van der Waals surface area (Å²) in [6, 6.07) is 5.15. The molecule has 2 aromatic rings. The molecule has 6 heteroatoms. The third-order valence-corrected chi connectivity index (χ3v) is 3.60. The van der Waals surface area contributed by atoms with Gasteiger partial charge in [-0.25, -0.2) is 4.98 Å². The standard InChI is InChI=1S/C14H14F3N3/c1-20-12-8-18-7-6-11(12)19-13(20)9-2-4-10(5-3-9)14(15,16)17/h2-5,18H,6-8H2,1H3. The number of imidazole rings is 1.